The van der Waals surface area contributed by atoms with E-state index < -0.39 is 17.7 Å². The Labute approximate surface area is 144 Å². The molecule has 5 nitrogen and oxygen atoms in total. The SMILES string of the molecule is O=C(Cc1nc(C(F)(F)F)cs1)c1cncc(Oc2cccnc2)c1. The molecule has 0 aromatic carbocycles. The highest BCUT2D eigenvalue weighted by Gasteiger charge is 2.33. The van der Waals surface area contributed by atoms with Gasteiger partial charge in [-0.15, -0.1) is 11.3 Å². The Morgan fingerprint density at radius 2 is 1.96 bits per heavy atom. The molecular weight excluding hydrogens is 355 g/mol. The number of alkyl halides is 3. The molecular formula is C16H10F3N3O2S. The maximum atomic E-state index is 12.5. The summed E-state index contributed by atoms with van der Waals surface area (Å²) < 4.78 is 43.2. The van der Waals surface area contributed by atoms with Crippen molar-refractivity contribution in [1.82, 2.24) is 15.0 Å². The van der Waals surface area contributed by atoms with Crippen LogP contribution in [0.25, 0.3) is 0 Å². The van der Waals surface area contributed by atoms with Crippen molar-refractivity contribution in [1.29, 1.82) is 0 Å². The molecule has 0 saturated heterocycles. The zero-order valence-corrected chi connectivity index (χ0v) is 13.3. The number of nitrogens with zero attached hydrogens (tertiary/aromatic N) is 3. The Kier molecular flexibility index (Phi) is 4.75. The third-order valence-corrected chi connectivity index (χ3v) is 3.91. The predicted octanol–water partition coefficient (Wildman–Crippen LogP) is 4.17. The number of ketones is 1. The standard InChI is InChI=1S/C16H10F3N3O2S/c17-16(18,19)14-9-25-15(22-14)5-13(23)10-4-12(8-21-6-10)24-11-2-1-3-20-7-11/h1-4,6-9H,5H2. The van der Waals surface area contributed by atoms with Crippen LogP contribution in [0.1, 0.15) is 21.1 Å². The lowest BCUT2D eigenvalue weighted by atomic mass is 10.1. The first-order valence-corrected chi connectivity index (χ1v) is 7.87. The van der Waals surface area contributed by atoms with Gasteiger partial charge in [0.2, 0.25) is 0 Å². The molecule has 0 atom stereocenters. The van der Waals surface area contributed by atoms with Gasteiger partial charge < -0.3 is 4.74 Å². The minimum absolute atomic E-state index is 0.0934. The largest absolute Gasteiger partial charge is 0.454 e. The molecule has 128 valence electrons. The van der Waals surface area contributed by atoms with Crippen LogP contribution >= 0.6 is 11.3 Å². The highest BCUT2D eigenvalue weighted by Crippen LogP contribution is 2.30. The van der Waals surface area contributed by atoms with Gasteiger partial charge in [-0.2, -0.15) is 13.2 Å². The maximum absolute atomic E-state index is 12.5. The summed E-state index contributed by atoms with van der Waals surface area (Å²) in [6, 6.07) is 4.86. The van der Waals surface area contributed by atoms with Crippen molar-refractivity contribution in [2.45, 2.75) is 12.6 Å². The van der Waals surface area contributed by atoms with Crippen LogP contribution < -0.4 is 4.74 Å². The summed E-state index contributed by atoms with van der Waals surface area (Å²) in [6.07, 6.45) is 1.10. The molecule has 0 bridgehead atoms. The number of aromatic nitrogens is 3. The van der Waals surface area contributed by atoms with Gasteiger partial charge in [0.05, 0.1) is 18.8 Å². The van der Waals surface area contributed by atoms with Crippen molar-refractivity contribution in [2.24, 2.45) is 0 Å². The number of thiazole rings is 1. The molecule has 9 heteroatoms. The quantitative estimate of drug-likeness (QED) is 0.635. The third-order valence-electron chi connectivity index (χ3n) is 3.06. The molecule has 0 aliphatic rings. The minimum atomic E-state index is -4.52. The Bertz CT molecular complexity index is 882. The molecule has 0 aliphatic heterocycles. The molecule has 0 spiro atoms. The Morgan fingerprint density at radius 3 is 2.64 bits per heavy atom. The number of pyridine rings is 2. The van der Waals surface area contributed by atoms with Crippen LogP contribution in [0.5, 0.6) is 11.5 Å². The molecule has 3 aromatic heterocycles. The summed E-state index contributed by atoms with van der Waals surface area (Å²) in [5.41, 5.74) is -0.766. The number of rotatable bonds is 5. The van der Waals surface area contributed by atoms with Crippen LogP contribution in [-0.2, 0) is 12.6 Å². The van der Waals surface area contributed by atoms with E-state index in [4.69, 9.17) is 4.74 Å². The van der Waals surface area contributed by atoms with E-state index >= 15 is 0 Å². The molecule has 25 heavy (non-hydrogen) atoms. The molecule has 0 N–H and O–H groups in total. The lowest BCUT2D eigenvalue weighted by Gasteiger charge is -2.06. The van der Waals surface area contributed by atoms with E-state index in [9.17, 15) is 18.0 Å². The van der Waals surface area contributed by atoms with Crippen molar-refractivity contribution in [3.05, 3.63) is 64.6 Å². The first-order chi connectivity index (χ1) is 11.9. The molecule has 0 saturated carbocycles. The van der Waals surface area contributed by atoms with Crippen LogP contribution in [0.4, 0.5) is 13.2 Å². The van der Waals surface area contributed by atoms with E-state index in [1.54, 1.807) is 18.3 Å². The second-order valence-corrected chi connectivity index (χ2v) is 5.87. The first-order valence-electron chi connectivity index (χ1n) is 6.99. The average Bonchev–Trinajstić information content (AvgIpc) is 3.05. The van der Waals surface area contributed by atoms with E-state index in [0.29, 0.717) is 11.5 Å². The highest BCUT2D eigenvalue weighted by atomic mass is 32.1. The van der Waals surface area contributed by atoms with Crippen LogP contribution in [0.2, 0.25) is 0 Å². The lowest BCUT2D eigenvalue weighted by molar-refractivity contribution is -0.140. The smallest absolute Gasteiger partial charge is 0.434 e. The first kappa shape index (κ1) is 17.0. The van der Waals surface area contributed by atoms with Crippen LogP contribution in [0.15, 0.2) is 48.4 Å². The number of carbonyl (C=O) groups is 1. The van der Waals surface area contributed by atoms with Crippen molar-refractivity contribution in [3.8, 4) is 11.5 Å². The van der Waals surface area contributed by atoms with E-state index in [-0.39, 0.29) is 17.0 Å². The molecule has 0 aliphatic carbocycles. The van der Waals surface area contributed by atoms with Crippen LogP contribution in [0.3, 0.4) is 0 Å². The van der Waals surface area contributed by atoms with Gasteiger partial charge in [0.15, 0.2) is 11.5 Å². The predicted molar refractivity (Wildman–Crippen MR) is 83.7 cm³/mol. The maximum Gasteiger partial charge on any atom is 0.434 e. The van der Waals surface area contributed by atoms with Gasteiger partial charge in [0.1, 0.15) is 16.5 Å². The number of Topliss-reactive ketones (excluding diaryl/α,β-unsaturated/α-hetero) is 1. The number of ether oxygens (including phenoxy) is 1. The van der Waals surface area contributed by atoms with Crippen molar-refractivity contribution >= 4 is 17.1 Å². The summed E-state index contributed by atoms with van der Waals surface area (Å²) in [6.45, 7) is 0. The molecule has 0 fully saturated rings. The fourth-order valence-electron chi connectivity index (χ4n) is 1.93. The van der Waals surface area contributed by atoms with Gasteiger partial charge in [0.25, 0.3) is 0 Å². The van der Waals surface area contributed by atoms with E-state index in [0.717, 1.165) is 16.7 Å². The number of hydrogen-bond acceptors (Lipinski definition) is 6. The Balaban J connectivity index is 1.72. The van der Waals surface area contributed by atoms with Crippen LogP contribution in [-0.4, -0.2) is 20.7 Å². The summed E-state index contributed by atoms with van der Waals surface area (Å²) >= 11 is 0.794. The topological polar surface area (TPSA) is 65.0 Å². The second kappa shape index (κ2) is 6.98. The Morgan fingerprint density at radius 1 is 1.16 bits per heavy atom. The van der Waals surface area contributed by atoms with Crippen LogP contribution in [0, 0.1) is 0 Å². The van der Waals surface area contributed by atoms with Crippen molar-refractivity contribution < 1.29 is 22.7 Å². The summed E-state index contributed by atoms with van der Waals surface area (Å²) in [7, 11) is 0. The monoisotopic (exact) mass is 365 g/mol. The fraction of sp³-hybridized carbons (Fsp3) is 0.125. The zero-order chi connectivity index (χ0) is 17.9. The van der Waals surface area contributed by atoms with Gasteiger partial charge in [-0.3, -0.25) is 14.8 Å². The normalized spacial score (nSPS) is 11.3. The van der Waals surface area contributed by atoms with Crippen molar-refractivity contribution in [2.75, 3.05) is 0 Å². The summed E-state index contributed by atoms with van der Waals surface area (Å²) in [5.74, 6) is 0.407. The lowest BCUT2D eigenvalue weighted by Crippen LogP contribution is -2.07. The molecule has 3 rings (SSSR count). The van der Waals surface area contributed by atoms with Gasteiger partial charge in [0, 0.05) is 23.3 Å². The Hall–Kier alpha value is -2.81. The molecule has 0 amide bonds. The van der Waals surface area contributed by atoms with Crippen molar-refractivity contribution in [3.63, 3.8) is 0 Å². The molecule has 0 radical (unpaired) electrons. The van der Waals surface area contributed by atoms with Gasteiger partial charge >= 0.3 is 6.18 Å². The molecule has 3 aromatic rings. The van der Waals surface area contributed by atoms with E-state index in [1.807, 2.05) is 0 Å². The summed E-state index contributed by atoms with van der Waals surface area (Å²) in [4.78, 5) is 23.5. The molecule has 3 heterocycles. The van der Waals surface area contributed by atoms with Gasteiger partial charge in [-0.1, -0.05) is 0 Å². The third kappa shape index (κ3) is 4.38. The van der Waals surface area contributed by atoms with Gasteiger partial charge in [-0.05, 0) is 18.2 Å². The van der Waals surface area contributed by atoms with E-state index in [1.165, 1.54) is 24.7 Å². The number of hydrogen-bond donors (Lipinski definition) is 0. The van der Waals surface area contributed by atoms with Gasteiger partial charge in [-0.25, -0.2) is 4.98 Å². The average molecular weight is 365 g/mol. The van der Waals surface area contributed by atoms with E-state index in [2.05, 4.69) is 15.0 Å². The highest BCUT2D eigenvalue weighted by molar-refractivity contribution is 7.09. The minimum Gasteiger partial charge on any atom is -0.454 e. The number of halogens is 3. The number of carbonyl (C=O) groups excluding carboxylic acids is 1. The second-order valence-electron chi connectivity index (χ2n) is 4.92. The summed E-state index contributed by atoms with van der Waals surface area (Å²) in [5, 5.41) is 0.985. The fourth-order valence-corrected chi connectivity index (χ4v) is 2.73. The zero-order valence-electron chi connectivity index (χ0n) is 12.5. The molecule has 0 unspecified atom stereocenters.